The van der Waals surface area contributed by atoms with Gasteiger partial charge in [0.05, 0.1) is 0 Å². The zero-order chi connectivity index (χ0) is 17.6. The normalized spacial score (nSPS) is 22.5. The van der Waals surface area contributed by atoms with E-state index in [0.29, 0.717) is 31.2 Å². The third kappa shape index (κ3) is 4.40. The van der Waals surface area contributed by atoms with Gasteiger partial charge in [-0.2, -0.15) is 10.5 Å². The van der Waals surface area contributed by atoms with E-state index < -0.39 is 0 Å². The van der Waals surface area contributed by atoms with Gasteiger partial charge in [-0.1, -0.05) is 12.1 Å². The number of benzene rings is 1. The summed E-state index contributed by atoms with van der Waals surface area (Å²) in [4.78, 5) is 15.8. The number of carbonyl (C=O) groups is 1. The molecule has 0 spiro atoms. The smallest absolute Gasteiger partial charge is 0.251 e. The van der Waals surface area contributed by atoms with Crippen LogP contribution in [-0.2, 0) is 6.54 Å². The predicted molar refractivity (Wildman–Crippen MR) is 91.9 cm³/mol. The number of nitriles is 2. The third-order valence-corrected chi connectivity index (χ3v) is 4.78. The van der Waals surface area contributed by atoms with E-state index in [4.69, 9.17) is 10.5 Å². The summed E-state index contributed by atoms with van der Waals surface area (Å²) in [5.74, 6) is -0.0943. The number of nitrogens with zero attached hydrogens (tertiary/aromatic N) is 4. The standard InChI is InChI=1S/C18H22N6O/c19-12-23-6-4-16(10-23)21-9-14-2-1-3-15(8-14)18(25)22-17-5-7-24(11-17)13-20/h1-3,8,16-17,21H,4-7,9-11H2,(H,22,25)/t16-,17?/m1/s1. The van der Waals surface area contributed by atoms with Crippen molar-refractivity contribution in [3.8, 4) is 12.4 Å². The van der Waals surface area contributed by atoms with E-state index in [1.807, 2.05) is 24.3 Å². The van der Waals surface area contributed by atoms with Crippen molar-refractivity contribution >= 4 is 5.91 Å². The fraction of sp³-hybridized carbons (Fsp3) is 0.500. The summed E-state index contributed by atoms with van der Waals surface area (Å²) >= 11 is 0. The van der Waals surface area contributed by atoms with Gasteiger partial charge in [0.25, 0.3) is 5.91 Å². The highest BCUT2D eigenvalue weighted by Gasteiger charge is 2.23. The monoisotopic (exact) mass is 338 g/mol. The van der Waals surface area contributed by atoms with E-state index in [9.17, 15) is 4.79 Å². The van der Waals surface area contributed by atoms with Gasteiger partial charge < -0.3 is 20.4 Å². The van der Waals surface area contributed by atoms with Gasteiger partial charge >= 0.3 is 0 Å². The van der Waals surface area contributed by atoms with Crippen molar-refractivity contribution < 1.29 is 4.79 Å². The van der Waals surface area contributed by atoms with Crippen LogP contribution in [0.3, 0.4) is 0 Å². The molecule has 2 N–H and O–H groups in total. The van der Waals surface area contributed by atoms with Crippen molar-refractivity contribution in [3.05, 3.63) is 35.4 Å². The minimum absolute atomic E-state index is 0.0318. The zero-order valence-electron chi connectivity index (χ0n) is 14.1. The van der Waals surface area contributed by atoms with E-state index in [1.54, 1.807) is 9.80 Å². The lowest BCUT2D eigenvalue weighted by atomic mass is 10.1. The molecule has 1 aromatic rings. The van der Waals surface area contributed by atoms with Crippen LogP contribution in [0.2, 0.25) is 0 Å². The van der Waals surface area contributed by atoms with Crippen LogP contribution >= 0.6 is 0 Å². The lowest BCUT2D eigenvalue weighted by Gasteiger charge is -2.14. The van der Waals surface area contributed by atoms with Gasteiger partial charge in [0.15, 0.2) is 12.4 Å². The number of hydrogen-bond acceptors (Lipinski definition) is 6. The first-order chi connectivity index (χ1) is 12.2. The van der Waals surface area contributed by atoms with Gasteiger partial charge in [-0.05, 0) is 30.5 Å². The molecule has 7 heteroatoms. The van der Waals surface area contributed by atoms with Crippen molar-refractivity contribution in [3.63, 3.8) is 0 Å². The Bertz CT molecular complexity index is 706. The Morgan fingerprint density at radius 3 is 2.48 bits per heavy atom. The molecule has 3 rings (SSSR count). The van der Waals surface area contributed by atoms with Gasteiger partial charge in [0.1, 0.15) is 0 Å². The lowest BCUT2D eigenvalue weighted by Crippen LogP contribution is -2.36. The molecule has 0 bridgehead atoms. The first-order valence-electron chi connectivity index (χ1n) is 8.60. The Hall–Kier alpha value is -2.77. The van der Waals surface area contributed by atoms with Crippen molar-refractivity contribution in [2.24, 2.45) is 0 Å². The Balaban J connectivity index is 1.52. The van der Waals surface area contributed by atoms with E-state index in [0.717, 1.165) is 31.5 Å². The fourth-order valence-corrected chi connectivity index (χ4v) is 3.34. The summed E-state index contributed by atoms with van der Waals surface area (Å²) in [5.41, 5.74) is 1.69. The summed E-state index contributed by atoms with van der Waals surface area (Å²) < 4.78 is 0. The second kappa shape index (κ2) is 7.87. The maximum atomic E-state index is 12.4. The highest BCUT2D eigenvalue weighted by Crippen LogP contribution is 2.12. The van der Waals surface area contributed by atoms with E-state index in [-0.39, 0.29) is 11.9 Å². The number of nitrogens with one attached hydrogen (secondary N) is 2. The molecule has 1 unspecified atom stereocenters. The zero-order valence-corrected chi connectivity index (χ0v) is 14.1. The quantitative estimate of drug-likeness (QED) is 0.764. The molecule has 2 saturated heterocycles. The van der Waals surface area contributed by atoms with Gasteiger partial charge in [0, 0.05) is 50.4 Å². The van der Waals surface area contributed by atoms with E-state index in [1.165, 1.54) is 0 Å². The summed E-state index contributed by atoms with van der Waals surface area (Å²) in [6, 6.07) is 7.93. The van der Waals surface area contributed by atoms with Crippen LogP contribution in [0.1, 0.15) is 28.8 Å². The molecule has 130 valence electrons. The maximum absolute atomic E-state index is 12.4. The summed E-state index contributed by atoms with van der Waals surface area (Å²) in [5, 5.41) is 24.2. The van der Waals surface area contributed by atoms with Crippen LogP contribution in [0.5, 0.6) is 0 Å². The van der Waals surface area contributed by atoms with Crippen LogP contribution in [0, 0.1) is 22.9 Å². The molecule has 2 aliphatic heterocycles. The highest BCUT2D eigenvalue weighted by molar-refractivity contribution is 5.94. The van der Waals surface area contributed by atoms with Gasteiger partial charge in [0.2, 0.25) is 0 Å². The van der Waals surface area contributed by atoms with Crippen LogP contribution in [-0.4, -0.2) is 54.0 Å². The van der Waals surface area contributed by atoms with Crippen molar-refractivity contribution in [1.29, 1.82) is 10.5 Å². The van der Waals surface area contributed by atoms with Gasteiger partial charge in [-0.3, -0.25) is 4.79 Å². The molecule has 2 atom stereocenters. The molecule has 2 heterocycles. The second-order valence-electron chi connectivity index (χ2n) is 6.62. The van der Waals surface area contributed by atoms with Crippen LogP contribution < -0.4 is 10.6 Å². The van der Waals surface area contributed by atoms with E-state index >= 15 is 0 Å². The molecular weight excluding hydrogens is 316 g/mol. The van der Waals surface area contributed by atoms with Gasteiger partial charge in [-0.25, -0.2) is 0 Å². The number of hydrogen-bond donors (Lipinski definition) is 2. The largest absolute Gasteiger partial charge is 0.347 e. The highest BCUT2D eigenvalue weighted by atomic mass is 16.1. The predicted octanol–water partition coefficient (Wildman–Crippen LogP) is 0.617. The van der Waals surface area contributed by atoms with Gasteiger partial charge in [-0.15, -0.1) is 0 Å². The summed E-state index contributed by atoms with van der Waals surface area (Å²) in [6.45, 7) is 3.51. The minimum atomic E-state index is -0.0943. The molecule has 2 fully saturated rings. The lowest BCUT2D eigenvalue weighted by molar-refractivity contribution is 0.0938. The van der Waals surface area contributed by atoms with Crippen molar-refractivity contribution in [2.75, 3.05) is 26.2 Å². The molecule has 0 aliphatic carbocycles. The average molecular weight is 338 g/mol. The molecule has 0 radical (unpaired) electrons. The van der Waals surface area contributed by atoms with Crippen LogP contribution in [0.25, 0.3) is 0 Å². The fourth-order valence-electron chi connectivity index (χ4n) is 3.34. The van der Waals surface area contributed by atoms with Crippen LogP contribution in [0.4, 0.5) is 0 Å². The molecule has 0 saturated carbocycles. The molecule has 0 aromatic heterocycles. The average Bonchev–Trinajstić information content (AvgIpc) is 3.29. The Kier molecular flexibility index (Phi) is 5.37. The SMILES string of the molecule is N#CN1CCC(NC(=O)c2cccc(CN[C@@H]3CCN(C#N)C3)c2)C1. The summed E-state index contributed by atoms with van der Waals surface area (Å²) in [7, 11) is 0. The number of likely N-dealkylation sites (tertiary alicyclic amines) is 2. The third-order valence-electron chi connectivity index (χ3n) is 4.78. The molecule has 7 nitrogen and oxygen atoms in total. The first-order valence-corrected chi connectivity index (χ1v) is 8.60. The number of rotatable bonds is 5. The first kappa shape index (κ1) is 17.1. The van der Waals surface area contributed by atoms with E-state index in [2.05, 4.69) is 23.0 Å². The second-order valence-corrected chi connectivity index (χ2v) is 6.62. The topological polar surface area (TPSA) is 95.2 Å². The summed E-state index contributed by atoms with van der Waals surface area (Å²) in [6.07, 6.45) is 6.06. The molecule has 25 heavy (non-hydrogen) atoms. The number of carbonyl (C=O) groups excluding carboxylic acids is 1. The molecule has 2 aliphatic rings. The Labute approximate surface area is 147 Å². The molecule has 1 amide bonds. The molecule has 1 aromatic carbocycles. The Morgan fingerprint density at radius 2 is 1.80 bits per heavy atom. The van der Waals surface area contributed by atoms with Crippen LogP contribution in [0.15, 0.2) is 24.3 Å². The molecular formula is C18H22N6O. The number of amides is 1. The Morgan fingerprint density at radius 1 is 1.12 bits per heavy atom. The minimum Gasteiger partial charge on any atom is -0.347 e. The maximum Gasteiger partial charge on any atom is 0.251 e. The van der Waals surface area contributed by atoms with Crippen molar-refractivity contribution in [2.45, 2.75) is 31.5 Å². The van der Waals surface area contributed by atoms with Crippen molar-refractivity contribution in [1.82, 2.24) is 20.4 Å².